The van der Waals surface area contributed by atoms with Gasteiger partial charge in [0.05, 0.1) is 9.95 Å². The molecule has 0 amide bonds. The molecule has 0 saturated carbocycles. The third-order valence-corrected chi connectivity index (χ3v) is 2.06. The van der Waals surface area contributed by atoms with E-state index in [1.807, 2.05) is 0 Å². The summed E-state index contributed by atoms with van der Waals surface area (Å²) >= 11 is 5.81. The summed E-state index contributed by atoms with van der Waals surface area (Å²) in [4.78, 5) is 9.93. The van der Waals surface area contributed by atoms with Crippen molar-refractivity contribution < 1.29 is 9.66 Å². The highest BCUT2D eigenvalue weighted by atomic mass is 35.5. The quantitative estimate of drug-likeness (QED) is 0.487. The minimum Gasteiger partial charge on any atom is -0.488 e. The lowest BCUT2D eigenvalue weighted by Gasteiger charge is -2.04. The Bertz CT molecular complexity index is 407. The third-order valence-electron chi connectivity index (χ3n) is 1.76. The van der Waals surface area contributed by atoms with E-state index in [4.69, 9.17) is 22.1 Å². The molecule has 6 heteroatoms. The Labute approximate surface area is 97.6 Å². The summed E-state index contributed by atoms with van der Waals surface area (Å²) in [7, 11) is 0. The summed E-state index contributed by atoms with van der Waals surface area (Å²) in [6.07, 6.45) is 3.50. The highest BCUT2D eigenvalue weighted by Gasteiger charge is 2.09. The van der Waals surface area contributed by atoms with Crippen LogP contribution in [0.25, 0.3) is 0 Å². The molecule has 0 heterocycles. The molecule has 0 bridgehead atoms. The number of ether oxygens (including phenoxy) is 1. The summed E-state index contributed by atoms with van der Waals surface area (Å²) in [6.45, 7) is 0.770. The molecule has 16 heavy (non-hydrogen) atoms. The van der Waals surface area contributed by atoms with E-state index in [2.05, 4.69) is 0 Å². The van der Waals surface area contributed by atoms with Crippen LogP contribution >= 0.6 is 11.6 Å². The molecule has 2 N–H and O–H groups in total. The van der Waals surface area contributed by atoms with Crippen molar-refractivity contribution in [2.24, 2.45) is 5.73 Å². The van der Waals surface area contributed by atoms with Crippen molar-refractivity contribution in [1.82, 2.24) is 0 Å². The van der Waals surface area contributed by atoms with Crippen molar-refractivity contribution in [2.45, 2.75) is 0 Å². The molecule has 0 saturated heterocycles. The predicted octanol–water partition coefficient (Wildman–Crippen LogP) is 2.14. The molecule has 0 aromatic heterocycles. The van der Waals surface area contributed by atoms with E-state index in [-0.39, 0.29) is 10.7 Å². The molecule has 0 aliphatic heterocycles. The minimum atomic E-state index is -0.510. The lowest BCUT2D eigenvalue weighted by atomic mass is 10.3. The molecule has 0 fully saturated rings. The number of benzene rings is 1. The second-order valence-corrected chi connectivity index (χ2v) is 3.30. The van der Waals surface area contributed by atoms with Crippen molar-refractivity contribution >= 4 is 17.3 Å². The van der Waals surface area contributed by atoms with Gasteiger partial charge in [-0.2, -0.15) is 0 Å². The van der Waals surface area contributed by atoms with Gasteiger partial charge in [0.25, 0.3) is 5.69 Å². The zero-order valence-corrected chi connectivity index (χ0v) is 9.18. The molecule has 0 spiro atoms. The molecule has 86 valence electrons. The van der Waals surface area contributed by atoms with Crippen LogP contribution in [0.5, 0.6) is 5.75 Å². The first-order valence-electron chi connectivity index (χ1n) is 4.57. The van der Waals surface area contributed by atoms with Crippen molar-refractivity contribution in [3.8, 4) is 5.75 Å². The van der Waals surface area contributed by atoms with E-state index in [1.165, 1.54) is 18.2 Å². The van der Waals surface area contributed by atoms with Gasteiger partial charge in [-0.3, -0.25) is 10.1 Å². The molecule has 0 atom stereocenters. The van der Waals surface area contributed by atoms with Gasteiger partial charge in [-0.15, -0.1) is 0 Å². The maximum Gasteiger partial charge on any atom is 0.271 e. The fourth-order valence-corrected chi connectivity index (χ4v) is 1.25. The first-order chi connectivity index (χ1) is 7.65. The number of hydrogen-bond acceptors (Lipinski definition) is 4. The Morgan fingerprint density at radius 2 is 2.25 bits per heavy atom. The number of hydrogen-bond donors (Lipinski definition) is 1. The van der Waals surface area contributed by atoms with Gasteiger partial charge < -0.3 is 10.5 Å². The van der Waals surface area contributed by atoms with E-state index < -0.39 is 4.92 Å². The van der Waals surface area contributed by atoms with Gasteiger partial charge in [-0.1, -0.05) is 23.8 Å². The number of nitrogens with zero attached hydrogens (tertiary/aromatic N) is 1. The average Bonchev–Trinajstić information content (AvgIpc) is 2.26. The van der Waals surface area contributed by atoms with Crippen LogP contribution in [0.4, 0.5) is 5.69 Å². The van der Waals surface area contributed by atoms with E-state index in [1.54, 1.807) is 12.2 Å². The Morgan fingerprint density at radius 3 is 2.81 bits per heavy atom. The van der Waals surface area contributed by atoms with Crippen LogP contribution in [-0.2, 0) is 0 Å². The van der Waals surface area contributed by atoms with Gasteiger partial charge >= 0.3 is 0 Å². The standard InChI is InChI=1S/C10H11ClN2O3/c11-9-7-8(13(14)15)3-4-10(9)16-6-2-1-5-12/h1-4,7H,5-6,12H2/b2-1+. The summed E-state index contributed by atoms with van der Waals surface area (Å²) in [6, 6.07) is 4.06. The molecule has 0 aliphatic rings. The SMILES string of the molecule is NC/C=C/COc1ccc([N+](=O)[O-])cc1Cl. The van der Waals surface area contributed by atoms with Crippen molar-refractivity contribution in [3.05, 3.63) is 45.5 Å². The highest BCUT2D eigenvalue weighted by Crippen LogP contribution is 2.28. The third kappa shape index (κ3) is 3.52. The van der Waals surface area contributed by atoms with Crippen LogP contribution < -0.4 is 10.5 Å². The predicted molar refractivity (Wildman–Crippen MR) is 61.8 cm³/mol. The van der Waals surface area contributed by atoms with Gasteiger partial charge in [-0.25, -0.2) is 0 Å². The maximum atomic E-state index is 10.4. The summed E-state index contributed by atoms with van der Waals surface area (Å²) in [5, 5.41) is 10.7. The summed E-state index contributed by atoms with van der Waals surface area (Å²) in [5.74, 6) is 0.411. The molecule has 1 aromatic carbocycles. The first kappa shape index (κ1) is 12.5. The van der Waals surface area contributed by atoms with E-state index in [0.717, 1.165) is 0 Å². The molecule has 0 aliphatic carbocycles. The number of nitrogens with two attached hydrogens (primary N) is 1. The normalized spacial score (nSPS) is 10.6. The molecule has 1 rings (SSSR count). The molecular formula is C10H11ClN2O3. The van der Waals surface area contributed by atoms with Gasteiger partial charge in [0.2, 0.25) is 0 Å². The maximum absolute atomic E-state index is 10.4. The Hall–Kier alpha value is -1.59. The van der Waals surface area contributed by atoms with Crippen LogP contribution in [0.1, 0.15) is 0 Å². The number of nitro benzene ring substituents is 1. The smallest absolute Gasteiger partial charge is 0.271 e. The minimum absolute atomic E-state index is 0.0603. The van der Waals surface area contributed by atoms with E-state index in [0.29, 0.717) is 18.9 Å². The van der Waals surface area contributed by atoms with Crippen LogP contribution in [0.2, 0.25) is 5.02 Å². The largest absolute Gasteiger partial charge is 0.488 e. The van der Waals surface area contributed by atoms with E-state index >= 15 is 0 Å². The molecule has 5 nitrogen and oxygen atoms in total. The summed E-state index contributed by atoms with van der Waals surface area (Å²) < 4.78 is 5.28. The van der Waals surface area contributed by atoms with Crippen molar-refractivity contribution in [1.29, 1.82) is 0 Å². The van der Waals surface area contributed by atoms with Crippen LogP contribution in [0, 0.1) is 10.1 Å². The monoisotopic (exact) mass is 242 g/mol. The van der Waals surface area contributed by atoms with Gasteiger partial charge in [-0.05, 0) is 6.07 Å². The lowest BCUT2D eigenvalue weighted by Crippen LogP contribution is -1.98. The Morgan fingerprint density at radius 1 is 1.50 bits per heavy atom. The number of halogens is 1. The lowest BCUT2D eigenvalue weighted by molar-refractivity contribution is -0.384. The Kier molecular flexibility index (Phi) is 4.75. The molecule has 1 aromatic rings. The van der Waals surface area contributed by atoms with Crippen LogP contribution in [0.15, 0.2) is 30.4 Å². The molecule has 0 radical (unpaired) electrons. The van der Waals surface area contributed by atoms with E-state index in [9.17, 15) is 10.1 Å². The zero-order chi connectivity index (χ0) is 12.0. The fourth-order valence-electron chi connectivity index (χ4n) is 1.02. The number of non-ortho nitro benzene ring substituents is 1. The second-order valence-electron chi connectivity index (χ2n) is 2.89. The zero-order valence-electron chi connectivity index (χ0n) is 8.43. The average molecular weight is 243 g/mol. The molecule has 0 unspecified atom stereocenters. The number of nitro groups is 1. The van der Waals surface area contributed by atoms with Gasteiger partial charge in [0.15, 0.2) is 0 Å². The van der Waals surface area contributed by atoms with Crippen molar-refractivity contribution in [3.63, 3.8) is 0 Å². The fraction of sp³-hybridized carbons (Fsp3) is 0.200. The van der Waals surface area contributed by atoms with Crippen LogP contribution in [-0.4, -0.2) is 18.1 Å². The van der Waals surface area contributed by atoms with Gasteiger partial charge in [0, 0.05) is 18.7 Å². The van der Waals surface area contributed by atoms with Crippen molar-refractivity contribution in [2.75, 3.05) is 13.2 Å². The topological polar surface area (TPSA) is 78.4 Å². The van der Waals surface area contributed by atoms with Gasteiger partial charge in [0.1, 0.15) is 12.4 Å². The molecular weight excluding hydrogens is 232 g/mol. The first-order valence-corrected chi connectivity index (χ1v) is 4.94. The Balaban J connectivity index is 2.68. The number of rotatable bonds is 5. The highest BCUT2D eigenvalue weighted by molar-refractivity contribution is 6.32. The van der Waals surface area contributed by atoms with Crippen LogP contribution in [0.3, 0.4) is 0 Å². The summed E-state index contributed by atoms with van der Waals surface area (Å²) in [5.41, 5.74) is 5.19. The second kappa shape index (κ2) is 6.09.